The summed E-state index contributed by atoms with van der Waals surface area (Å²) < 4.78 is 0. The smallest absolute Gasteiger partial charge is 0.220 e. The molecule has 1 atom stereocenters. The Kier molecular flexibility index (Phi) is 3.01. The number of hydrogen-bond donors (Lipinski definition) is 1. The second-order valence-corrected chi connectivity index (χ2v) is 5.43. The van der Waals surface area contributed by atoms with Gasteiger partial charge in [0.1, 0.15) is 0 Å². The zero-order valence-electron chi connectivity index (χ0n) is 11.7. The Labute approximate surface area is 118 Å². The molecular weight excluding hydrogens is 250 g/mol. The molecule has 0 saturated heterocycles. The molecule has 20 heavy (non-hydrogen) atoms. The van der Waals surface area contributed by atoms with Crippen LogP contribution in [-0.2, 0) is 6.42 Å². The quantitative estimate of drug-likeness (QED) is 0.862. The average molecular weight is 267 g/mol. The molecule has 0 saturated carbocycles. The zero-order chi connectivity index (χ0) is 14.3. The lowest BCUT2D eigenvalue weighted by Crippen LogP contribution is -2.22. The zero-order valence-corrected chi connectivity index (χ0v) is 11.7. The van der Waals surface area contributed by atoms with E-state index in [9.17, 15) is 4.79 Å². The van der Waals surface area contributed by atoms with Crippen LogP contribution >= 0.6 is 0 Å². The number of rotatable bonds is 1. The first-order valence-electron chi connectivity index (χ1n) is 6.77. The lowest BCUT2D eigenvalue weighted by Gasteiger charge is -2.24. The average Bonchev–Trinajstić information content (AvgIpc) is 2.38. The van der Waals surface area contributed by atoms with E-state index in [-0.39, 0.29) is 17.6 Å². The number of aryl methyl sites for hydroxylation is 2. The highest BCUT2D eigenvalue weighted by Crippen LogP contribution is 2.33. The van der Waals surface area contributed by atoms with Crippen molar-refractivity contribution in [3.8, 4) is 0 Å². The minimum absolute atomic E-state index is 0.120. The summed E-state index contributed by atoms with van der Waals surface area (Å²) in [6, 6.07) is 8.34. The van der Waals surface area contributed by atoms with Crippen molar-refractivity contribution in [3.05, 3.63) is 52.3 Å². The van der Waals surface area contributed by atoms with E-state index in [1.165, 1.54) is 11.1 Å². The van der Waals surface area contributed by atoms with Gasteiger partial charge >= 0.3 is 0 Å². The normalized spacial score (nSPS) is 17.9. The van der Waals surface area contributed by atoms with Gasteiger partial charge in [-0.15, -0.1) is 0 Å². The van der Waals surface area contributed by atoms with Gasteiger partial charge in [-0.3, -0.25) is 4.79 Å². The molecule has 0 bridgehead atoms. The first-order chi connectivity index (χ1) is 9.54. The first kappa shape index (κ1) is 12.8. The van der Waals surface area contributed by atoms with E-state index < -0.39 is 0 Å². The number of carbonyl (C=O) groups excluding carboxylic acids is 1. The second-order valence-electron chi connectivity index (χ2n) is 5.43. The number of nitrogens with two attached hydrogens (primary N) is 1. The molecule has 4 nitrogen and oxygen atoms in total. The lowest BCUT2D eigenvalue weighted by molar-refractivity contribution is 0.0962. The molecule has 0 amide bonds. The van der Waals surface area contributed by atoms with E-state index in [2.05, 4.69) is 41.2 Å². The predicted octanol–water partition coefficient (Wildman–Crippen LogP) is 2.59. The molecule has 2 N–H and O–H groups in total. The summed E-state index contributed by atoms with van der Waals surface area (Å²) in [6.45, 7) is 3.88. The highest BCUT2D eigenvalue weighted by Gasteiger charge is 2.29. The number of aromatic nitrogens is 2. The van der Waals surface area contributed by atoms with Crippen LogP contribution in [0.2, 0.25) is 0 Å². The third kappa shape index (κ3) is 2.18. The fourth-order valence-corrected chi connectivity index (χ4v) is 2.87. The Morgan fingerprint density at radius 1 is 1.10 bits per heavy atom. The van der Waals surface area contributed by atoms with Gasteiger partial charge < -0.3 is 5.73 Å². The highest BCUT2D eigenvalue weighted by atomic mass is 16.1. The molecule has 1 aliphatic rings. The molecule has 1 aliphatic carbocycles. The van der Waals surface area contributed by atoms with E-state index in [0.29, 0.717) is 17.7 Å². The van der Waals surface area contributed by atoms with Gasteiger partial charge in [-0.05, 0) is 31.7 Å². The summed E-state index contributed by atoms with van der Waals surface area (Å²) in [4.78, 5) is 20.7. The molecule has 2 aromatic rings. The summed E-state index contributed by atoms with van der Waals surface area (Å²) in [5.41, 5.74) is 10.3. The number of carbonyl (C=O) groups is 1. The van der Waals surface area contributed by atoms with Gasteiger partial charge in [0, 0.05) is 6.42 Å². The van der Waals surface area contributed by atoms with Crippen LogP contribution in [0.1, 0.15) is 45.2 Å². The van der Waals surface area contributed by atoms with E-state index in [4.69, 9.17) is 5.73 Å². The maximum Gasteiger partial charge on any atom is 0.220 e. The summed E-state index contributed by atoms with van der Waals surface area (Å²) in [6.07, 6.45) is 1.27. The second kappa shape index (κ2) is 4.71. The van der Waals surface area contributed by atoms with Crippen molar-refractivity contribution < 1.29 is 4.79 Å². The molecule has 0 aliphatic heterocycles. The van der Waals surface area contributed by atoms with Gasteiger partial charge in [-0.2, -0.15) is 0 Å². The first-order valence-corrected chi connectivity index (χ1v) is 6.77. The molecule has 1 aromatic carbocycles. The van der Waals surface area contributed by atoms with Crippen molar-refractivity contribution in [2.24, 2.45) is 0 Å². The number of nitrogen functional groups attached to an aromatic ring is 1. The van der Waals surface area contributed by atoms with Crippen LogP contribution in [0.15, 0.2) is 24.3 Å². The maximum atomic E-state index is 12.3. The number of hydrogen-bond acceptors (Lipinski definition) is 4. The summed E-state index contributed by atoms with van der Waals surface area (Å²) >= 11 is 0. The maximum absolute atomic E-state index is 12.3. The Bertz CT molecular complexity index is 677. The predicted molar refractivity (Wildman–Crippen MR) is 77.8 cm³/mol. The van der Waals surface area contributed by atoms with Crippen molar-refractivity contribution in [2.45, 2.75) is 32.6 Å². The topological polar surface area (TPSA) is 68.9 Å². The highest BCUT2D eigenvalue weighted by molar-refractivity contribution is 5.99. The van der Waals surface area contributed by atoms with E-state index in [1.54, 1.807) is 0 Å². The number of nitrogens with zero attached hydrogens (tertiary/aromatic N) is 2. The molecule has 0 fully saturated rings. The van der Waals surface area contributed by atoms with E-state index >= 15 is 0 Å². The van der Waals surface area contributed by atoms with Crippen LogP contribution < -0.4 is 5.73 Å². The molecule has 4 heteroatoms. The minimum Gasteiger partial charge on any atom is -0.368 e. The molecule has 102 valence electrons. The van der Waals surface area contributed by atoms with Gasteiger partial charge in [0.05, 0.1) is 17.0 Å². The van der Waals surface area contributed by atoms with Crippen LogP contribution in [0.4, 0.5) is 5.95 Å². The summed E-state index contributed by atoms with van der Waals surface area (Å²) in [5, 5.41) is 0. The number of anilines is 1. The standard InChI is InChI=1S/C16H17N3O/c1-9-3-5-11(6-4-9)12-7-13-15(14(20)8-12)10(2)18-16(17)19-13/h3-6,12H,7-8H2,1-2H3,(H2,17,18,19)/t12-/m1/s1. The largest absolute Gasteiger partial charge is 0.368 e. The Balaban J connectivity index is 2.00. The fourth-order valence-electron chi connectivity index (χ4n) is 2.87. The van der Waals surface area contributed by atoms with Crippen molar-refractivity contribution >= 4 is 11.7 Å². The third-order valence-corrected chi connectivity index (χ3v) is 3.88. The number of ketones is 1. The van der Waals surface area contributed by atoms with Gasteiger partial charge in [0.15, 0.2) is 5.78 Å². The number of fused-ring (bicyclic) bond motifs is 1. The number of benzene rings is 1. The van der Waals surface area contributed by atoms with Crippen LogP contribution in [0.3, 0.4) is 0 Å². The number of Topliss-reactive ketones (excluding diaryl/α,β-unsaturated/α-hetero) is 1. The van der Waals surface area contributed by atoms with Crippen molar-refractivity contribution in [1.82, 2.24) is 9.97 Å². The minimum atomic E-state index is 0.120. The molecule has 0 spiro atoms. The van der Waals surface area contributed by atoms with Crippen LogP contribution in [0, 0.1) is 13.8 Å². The van der Waals surface area contributed by atoms with Gasteiger partial charge in [-0.25, -0.2) is 9.97 Å². The van der Waals surface area contributed by atoms with Crippen LogP contribution in [-0.4, -0.2) is 15.8 Å². The molecule has 0 unspecified atom stereocenters. The van der Waals surface area contributed by atoms with E-state index in [1.807, 2.05) is 6.92 Å². The van der Waals surface area contributed by atoms with Crippen molar-refractivity contribution in [2.75, 3.05) is 5.73 Å². The van der Waals surface area contributed by atoms with Crippen LogP contribution in [0.25, 0.3) is 0 Å². The molecule has 3 rings (SSSR count). The van der Waals surface area contributed by atoms with Gasteiger partial charge in [0.25, 0.3) is 0 Å². The third-order valence-electron chi connectivity index (χ3n) is 3.88. The van der Waals surface area contributed by atoms with Crippen molar-refractivity contribution in [3.63, 3.8) is 0 Å². The fraction of sp³-hybridized carbons (Fsp3) is 0.312. The molecular formula is C16H17N3O. The summed E-state index contributed by atoms with van der Waals surface area (Å²) in [7, 11) is 0. The monoisotopic (exact) mass is 267 g/mol. The van der Waals surface area contributed by atoms with E-state index in [0.717, 1.165) is 12.1 Å². The molecule has 1 aromatic heterocycles. The van der Waals surface area contributed by atoms with Crippen molar-refractivity contribution in [1.29, 1.82) is 0 Å². The Morgan fingerprint density at radius 3 is 2.50 bits per heavy atom. The Morgan fingerprint density at radius 2 is 1.80 bits per heavy atom. The van der Waals surface area contributed by atoms with Crippen LogP contribution in [0.5, 0.6) is 0 Å². The lowest BCUT2D eigenvalue weighted by atomic mass is 9.81. The van der Waals surface area contributed by atoms with Gasteiger partial charge in [0.2, 0.25) is 5.95 Å². The molecule has 0 radical (unpaired) electrons. The summed E-state index contributed by atoms with van der Waals surface area (Å²) in [5.74, 6) is 0.553. The Hall–Kier alpha value is -2.23. The SMILES string of the molecule is Cc1ccc([C@H]2CC(=O)c3c(C)nc(N)nc3C2)cc1. The van der Waals surface area contributed by atoms with Gasteiger partial charge in [-0.1, -0.05) is 29.8 Å². The molecule has 1 heterocycles.